The number of rotatable bonds is 3. The molecule has 0 unspecified atom stereocenters. The van der Waals surface area contributed by atoms with Crippen LogP contribution in [0.2, 0.25) is 0 Å². The molecule has 0 radical (unpaired) electrons. The summed E-state index contributed by atoms with van der Waals surface area (Å²) in [4.78, 5) is 35.2. The molecular weight excluding hydrogens is 350 g/mol. The molecule has 4 rings (SSSR count). The first-order valence-corrected chi connectivity index (χ1v) is 9.42. The standard InChI is InChI=1S/C18H19N5O2S/c1-22-14(6-7-19-22)18(25)23-8-2-4-12(11-23)17-20-13(10-16(24)21-17)15-5-3-9-26-15/h3,5-7,9-10,12H,2,4,8,11H2,1H3,(H,20,21,24)/t12-/m1/s1. The van der Waals surface area contributed by atoms with E-state index in [0.717, 1.165) is 17.7 Å². The van der Waals surface area contributed by atoms with Gasteiger partial charge in [0.2, 0.25) is 0 Å². The van der Waals surface area contributed by atoms with E-state index in [9.17, 15) is 9.59 Å². The summed E-state index contributed by atoms with van der Waals surface area (Å²) in [5, 5.41) is 6.04. The zero-order chi connectivity index (χ0) is 18.1. The lowest BCUT2D eigenvalue weighted by molar-refractivity contribution is 0.0693. The molecule has 134 valence electrons. The summed E-state index contributed by atoms with van der Waals surface area (Å²) in [6, 6.07) is 7.15. The lowest BCUT2D eigenvalue weighted by atomic mass is 9.96. The number of aryl methyl sites for hydroxylation is 1. The van der Waals surface area contributed by atoms with E-state index in [0.29, 0.717) is 30.3 Å². The highest BCUT2D eigenvalue weighted by Gasteiger charge is 2.28. The number of thiophene rings is 1. The summed E-state index contributed by atoms with van der Waals surface area (Å²) >= 11 is 1.56. The van der Waals surface area contributed by atoms with Crippen molar-refractivity contribution < 1.29 is 4.79 Å². The van der Waals surface area contributed by atoms with Crippen molar-refractivity contribution in [2.24, 2.45) is 7.05 Å². The molecule has 0 spiro atoms. The minimum Gasteiger partial charge on any atom is -0.337 e. The summed E-state index contributed by atoms with van der Waals surface area (Å²) < 4.78 is 1.59. The van der Waals surface area contributed by atoms with Gasteiger partial charge in [0, 0.05) is 38.3 Å². The second-order valence-electron chi connectivity index (χ2n) is 6.42. The van der Waals surface area contributed by atoms with Crippen molar-refractivity contribution in [2.75, 3.05) is 13.1 Å². The van der Waals surface area contributed by atoms with Crippen LogP contribution in [0.1, 0.15) is 35.1 Å². The van der Waals surface area contributed by atoms with Gasteiger partial charge in [-0.1, -0.05) is 6.07 Å². The van der Waals surface area contributed by atoms with Crippen molar-refractivity contribution in [1.29, 1.82) is 0 Å². The van der Waals surface area contributed by atoms with Crippen LogP contribution in [0.25, 0.3) is 10.6 Å². The average molecular weight is 369 g/mol. The van der Waals surface area contributed by atoms with Gasteiger partial charge in [0.15, 0.2) is 0 Å². The number of hydrogen-bond donors (Lipinski definition) is 1. The first kappa shape index (κ1) is 16.7. The van der Waals surface area contributed by atoms with Gasteiger partial charge in [0.1, 0.15) is 11.5 Å². The Hall–Kier alpha value is -2.74. The van der Waals surface area contributed by atoms with Crippen LogP contribution in [0.5, 0.6) is 0 Å². The van der Waals surface area contributed by atoms with Crippen molar-refractivity contribution in [2.45, 2.75) is 18.8 Å². The zero-order valence-electron chi connectivity index (χ0n) is 14.4. The van der Waals surface area contributed by atoms with E-state index in [1.807, 2.05) is 22.4 Å². The van der Waals surface area contributed by atoms with E-state index in [-0.39, 0.29) is 17.4 Å². The highest BCUT2D eigenvalue weighted by molar-refractivity contribution is 7.13. The van der Waals surface area contributed by atoms with Crippen LogP contribution in [0.15, 0.2) is 40.6 Å². The number of carbonyl (C=O) groups excluding carboxylic acids is 1. The van der Waals surface area contributed by atoms with Gasteiger partial charge in [-0.3, -0.25) is 14.3 Å². The number of amides is 1. The van der Waals surface area contributed by atoms with Gasteiger partial charge >= 0.3 is 0 Å². The van der Waals surface area contributed by atoms with Crippen LogP contribution >= 0.6 is 11.3 Å². The van der Waals surface area contributed by atoms with Gasteiger partial charge < -0.3 is 9.88 Å². The molecule has 3 aromatic heterocycles. The van der Waals surface area contributed by atoms with Gasteiger partial charge in [-0.15, -0.1) is 11.3 Å². The third-order valence-electron chi connectivity index (χ3n) is 4.67. The molecule has 0 saturated carbocycles. The van der Waals surface area contributed by atoms with Crippen LogP contribution in [-0.4, -0.2) is 43.6 Å². The van der Waals surface area contributed by atoms with E-state index in [2.05, 4.69) is 15.1 Å². The topological polar surface area (TPSA) is 83.9 Å². The van der Waals surface area contributed by atoms with E-state index >= 15 is 0 Å². The molecular formula is C18H19N5O2S. The van der Waals surface area contributed by atoms with Gasteiger partial charge in [-0.25, -0.2) is 4.98 Å². The summed E-state index contributed by atoms with van der Waals surface area (Å²) in [5.74, 6) is 0.642. The van der Waals surface area contributed by atoms with Gasteiger partial charge in [0.25, 0.3) is 11.5 Å². The van der Waals surface area contributed by atoms with E-state index in [1.54, 1.807) is 35.3 Å². The highest BCUT2D eigenvalue weighted by atomic mass is 32.1. The maximum absolute atomic E-state index is 12.8. The van der Waals surface area contributed by atoms with Crippen LogP contribution in [0.4, 0.5) is 0 Å². The van der Waals surface area contributed by atoms with E-state index in [1.165, 1.54) is 6.07 Å². The number of hydrogen-bond acceptors (Lipinski definition) is 5. The summed E-state index contributed by atoms with van der Waals surface area (Å²) in [5.41, 5.74) is 1.10. The summed E-state index contributed by atoms with van der Waals surface area (Å²) in [6.45, 7) is 1.25. The number of likely N-dealkylation sites (tertiary alicyclic amines) is 1. The molecule has 1 amide bonds. The van der Waals surface area contributed by atoms with Crippen LogP contribution in [-0.2, 0) is 7.05 Å². The van der Waals surface area contributed by atoms with Gasteiger partial charge in [0.05, 0.1) is 10.6 Å². The Kier molecular flexibility index (Phi) is 4.42. The Labute approximate surface area is 154 Å². The molecule has 0 bridgehead atoms. The molecule has 1 fully saturated rings. The first-order valence-electron chi connectivity index (χ1n) is 8.54. The van der Waals surface area contributed by atoms with Gasteiger partial charge in [-0.2, -0.15) is 5.10 Å². The first-order chi connectivity index (χ1) is 12.6. The normalized spacial score (nSPS) is 17.4. The number of aromatic nitrogens is 4. The Morgan fingerprint density at radius 2 is 2.27 bits per heavy atom. The van der Waals surface area contributed by atoms with E-state index in [4.69, 9.17) is 0 Å². The molecule has 1 N–H and O–H groups in total. The zero-order valence-corrected chi connectivity index (χ0v) is 15.2. The predicted octanol–water partition coefficient (Wildman–Crippen LogP) is 2.25. The molecule has 7 nitrogen and oxygen atoms in total. The third-order valence-corrected chi connectivity index (χ3v) is 5.56. The fourth-order valence-electron chi connectivity index (χ4n) is 3.35. The molecule has 4 heterocycles. The fourth-order valence-corrected chi connectivity index (χ4v) is 4.04. The SMILES string of the molecule is Cn1nccc1C(=O)N1CCC[C@@H](c2nc(-c3cccs3)cc(=O)[nH]2)C1. The van der Waals surface area contributed by atoms with Gasteiger partial charge in [-0.05, 0) is 30.4 Å². The number of H-pyrrole nitrogens is 1. The van der Waals surface area contributed by atoms with Crippen LogP contribution in [0, 0.1) is 0 Å². The number of carbonyl (C=O) groups is 1. The van der Waals surface area contributed by atoms with Crippen molar-refractivity contribution in [3.8, 4) is 10.6 Å². The van der Waals surface area contributed by atoms with Crippen LogP contribution < -0.4 is 5.56 Å². The molecule has 3 aromatic rings. The van der Waals surface area contributed by atoms with Crippen molar-refractivity contribution in [1.82, 2.24) is 24.6 Å². The number of nitrogens with one attached hydrogen (secondary N) is 1. The molecule has 1 saturated heterocycles. The average Bonchev–Trinajstić information content (AvgIpc) is 3.32. The predicted molar refractivity (Wildman–Crippen MR) is 99.3 cm³/mol. The quantitative estimate of drug-likeness (QED) is 0.767. The second-order valence-corrected chi connectivity index (χ2v) is 7.37. The molecule has 8 heteroatoms. The maximum atomic E-state index is 12.8. The smallest absolute Gasteiger partial charge is 0.272 e. The number of nitrogens with zero attached hydrogens (tertiary/aromatic N) is 4. The lowest BCUT2D eigenvalue weighted by Gasteiger charge is -2.32. The minimum atomic E-state index is -0.159. The fraction of sp³-hybridized carbons (Fsp3) is 0.333. The molecule has 1 aliphatic rings. The summed E-state index contributed by atoms with van der Waals surface area (Å²) in [6.07, 6.45) is 3.39. The van der Waals surface area contributed by atoms with E-state index < -0.39 is 0 Å². The van der Waals surface area contributed by atoms with Crippen molar-refractivity contribution in [3.63, 3.8) is 0 Å². The molecule has 0 aromatic carbocycles. The Bertz CT molecular complexity index is 976. The minimum absolute atomic E-state index is 0.0218. The molecule has 26 heavy (non-hydrogen) atoms. The monoisotopic (exact) mass is 369 g/mol. The number of piperidine rings is 1. The molecule has 1 aliphatic heterocycles. The highest BCUT2D eigenvalue weighted by Crippen LogP contribution is 2.27. The summed E-state index contributed by atoms with van der Waals surface area (Å²) in [7, 11) is 1.76. The van der Waals surface area contributed by atoms with Crippen LogP contribution in [0.3, 0.4) is 0 Å². The van der Waals surface area contributed by atoms with Crippen molar-refractivity contribution in [3.05, 3.63) is 57.7 Å². The number of aromatic amines is 1. The molecule has 1 atom stereocenters. The van der Waals surface area contributed by atoms with Crippen molar-refractivity contribution >= 4 is 17.2 Å². The third kappa shape index (κ3) is 3.20. The Morgan fingerprint density at radius 3 is 3.00 bits per heavy atom. The maximum Gasteiger partial charge on any atom is 0.272 e. The Balaban J connectivity index is 1.59. The largest absolute Gasteiger partial charge is 0.337 e. The molecule has 0 aliphatic carbocycles. The second kappa shape index (κ2) is 6.87. The lowest BCUT2D eigenvalue weighted by Crippen LogP contribution is -2.40. The Morgan fingerprint density at radius 1 is 1.38 bits per heavy atom.